The quantitative estimate of drug-likeness (QED) is 0.639. The number of hydrogen-bond acceptors (Lipinski definition) is 5. The third-order valence-corrected chi connectivity index (χ3v) is 6.17. The Morgan fingerprint density at radius 3 is 2.68 bits per heavy atom. The van der Waals surface area contributed by atoms with Crippen molar-refractivity contribution in [3.63, 3.8) is 0 Å². The molecule has 1 aromatic carbocycles. The van der Waals surface area contributed by atoms with Gasteiger partial charge in [0.1, 0.15) is 11.9 Å². The second-order valence-corrected chi connectivity index (χ2v) is 8.27. The third kappa shape index (κ3) is 3.76. The molecule has 158 valence electrons. The van der Waals surface area contributed by atoms with Gasteiger partial charge in [0.25, 0.3) is 5.91 Å². The van der Waals surface area contributed by atoms with Gasteiger partial charge in [-0.3, -0.25) is 4.79 Å². The average molecular weight is 418 g/mol. The van der Waals surface area contributed by atoms with Crippen LogP contribution in [0, 0.1) is 18.7 Å². The highest BCUT2D eigenvalue weighted by Gasteiger charge is 2.45. The van der Waals surface area contributed by atoms with Crippen molar-refractivity contribution in [1.29, 1.82) is 0 Å². The van der Waals surface area contributed by atoms with Crippen LogP contribution in [-0.2, 0) is 0 Å². The summed E-state index contributed by atoms with van der Waals surface area (Å²) in [6.07, 6.45) is 7.55. The van der Waals surface area contributed by atoms with Crippen molar-refractivity contribution in [2.75, 3.05) is 6.54 Å². The minimum Gasteiger partial charge on any atom is -0.472 e. The first-order valence-electron chi connectivity index (χ1n) is 10.6. The number of pyridine rings is 1. The second-order valence-electron chi connectivity index (χ2n) is 8.27. The van der Waals surface area contributed by atoms with Crippen LogP contribution in [0.25, 0.3) is 11.4 Å². The molecule has 2 saturated heterocycles. The minimum atomic E-state index is -0.504. The van der Waals surface area contributed by atoms with Crippen molar-refractivity contribution < 1.29 is 13.9 Å². The molecule has 2 aliphatic heterocycles. The van der Waals surface area contributed by atoms with E-state index in [1.165, 1.54) is 6.07 Å². The Hall–Kier alpha value is -3.35. The molecule has 1 unspecified atom stereocenters. The lowest BCUT2D eigenvalue weighted by molar-refractivity contribution is -0.0313. The van der Waals surface area contributed by atoms with Crippen LogP contribution in [0.5, 0.6) is 5.88 Å². The maximum absolute atomic E-state index is 14.8. The molecule has 3 aliphatic rings. The Bertz CT molecular complexity index is 1090. The number of fused-ring (bicyclic) bond motifs is 3. The Morgan fingerprint density at radius 2 is 1.94 bits per heavy atom. The first kappa shape index (κ1) is 19.6. The Morgan fingerprint density at radius 1 is 1.10 bits per heavy atom. The molecule has 6 rings (SSSR count). The Balaban J connectivity index is 1.45. The fourth-order valence-electron chi connectivity index (χ4n) is 4.68. The largest absolute Gasteiger partial charge is 0.472 e. The standard InChI is InChI=1S/C24H23FN4O2/c1-15-6-9-21(28-13-15)31-20-12-16-7-8-19(20)29(14-16)24(30)17-4-2-5-18(25)22(17)23-26-10-3-11-27-23/h2-6,9-11,13,16,19-20H,7-8,12,14H2,1H3/t16?,19-,20+/m0/s1. The molecule has 3 atom stereocenters. The Kier molecular flexibility index (Phi) is 5.10. The fraction of sp³-hybridized carbons (Fsp3) is 0.333. The smallest absolute Gasteiger partial charge is 0.255 e. The monoisotopic (exact) mass is 418 g/mol. The summed E-state index contributed by atoms with van der Waals surface area (Å²) in [4.78, 5) is 28.2. The van der Waals surface area contributed by atoms with Crippen molar-refractivity contribution in [2.24, 2.45) is 5.92 Å². The molecule has 31 heavy (non-hydrogen) atoms. The molecular formula is C24H23FN4O2. The van der Waals surface area contributed by atoms with E-state index in [2.05, 4.69) is 15.0 Å². The van der Waals surface area contributed by atoms with E-state index in [-0.39, 0.29) is 35.0 Å². The topological polar surface area (TPSA) is 68.2 Å². The van der Waals surface area contributed by atoms with E-state index in [4.69, 9.17) is 4.74 Å². The van der Waals surface area contributed by atoms with Crippen LogP contribution in [0.1, 0.15) is 35.2 Å². The predicted molar refractivity (Wildman–Crippen MR) is 113 cm³/mol. The summed E-state index contributed by atoms with van der Waals surface area (Å²) in [7, 11) is 0. The van der Waals surface area contributed by atoms with Crippen LogP contribution in [0.3, 0.4) is 0 Å². The van der Waals surface area contributed by atoms with Crippen LogP contribution >= 0.6 is 0 Å². The zero-order chi connectivity index (χ0) is 21.4. The number of aromatic nitrogens is 3. The highest BCUT2D eigenvalue weighted by molar-refractivity contribution is 6.00. The summed E-state index contributed by atoms with van der Waals surface area (Å²) in [6, 6.07) is 9.95. The van der Waals surface area contributed by atoms with E-state index in [1.807, 2.05) is 24.0 Å². The van der Waals surface area contributed by atoms with Crippen molar-refractivity contribution in [2.45, 2.75) is 38.3 Å². The van der Waals surface area contributed by atoms with Crippen LogP contribution < -0.4 is 4.74 Å². The number of carbonyl (C=O) groups is 1. The highest BCUT2D eigenvalue weighted by atomic mass is 19.1. The summed E-state index contributed by atoms with van der Waals surface area (Å²) in [5.74, 6) is 0.425. The number of nitrogens with zero attached hydrogens (tertiary/aromatic N) is 4. The van der Waals surface area contributed by atoms with Gasteiger partial charge in [0.15, 0.2) is 5.82 Å². The number of aryl methyl sites for hydroxylation is 1. The maximum Gasteiger partial charge on any atom is 0.255 e. The molecule has 3 aromatic rings. The average Bonchev–Trinajstić information content (AvgIpc) is 2.81. The number of piperidine rings is 2. The first-order valence-corrected chi connectivity index (χ1v) is 10.6. The number of ether oxygens (including phenoxy) is 1. The second kappa shape index (κ2) is 8.06. The minimum absolute atomic E-state index is 0.0755. The number of halogens is 1. The van der Waals surface area contributed by atoms with Gasteiger partial charge < -0.3 is 9.64 Å². The molecular weight excluding hydrogens is 395 g/mol. The normalized spacial score (nSPS) is 22.4. The van der Waals surface area contributed by atoms with E-state index in [1.54, 1.807) is 36.8 Å². The van der Waals surface area contributed by atoms with Crippen LogP contribution in [0.4, 0.5) is 4.39 Å². The molecule has 2 aromatic heterocycles. The predicted octanol–water partition coefficient (Wildman–Crippen LogP) is 4.06. The van der Waals surface area contributed by atoms with E-state index in [9.17, 15) is 9.18 Å². The van der Waals surface area contributed by atoms with Gasteiger partial charge in [-0.2, -0.15) is 0 Å². The molecule has 4 heterocycles. The van der Waals surface area contributed by atoms with Crippen molar-refractivity contribution in [3.05, 3.63) is 71.9 Å². The molecule has 0 N–H and O–H groups in total. The molecule has 2 bridgehead atoms. The van der Waals surface area contributed by atoms with Gasteiger partial charge in [-0.05, 0) is 55.9 Å². The van der Waals surface area contributed by atoms with Gasteiger partial charge in [-0.15, -0.1) is 0 Å². The van der Waals surface area contributed by atoms with Crippen LogP contribution in [0.15, 0.2) is 55.0 Å². The van der Waals surface area contributed by atoms with E-state index < -0.39 is 5.82 Å². The number of carbonyl (C=O) groups excluding carboxylic acids is 1. The molecule has 1 aliphatic carbocycles. The first-order chi connectivity index (χ1) is 15.1. The fourth-order valence-corrected chi connectivity index (χ4v) is 4.68. The van der Waals surface area contributed by atoms with E-state index in [0.717, 1.165) is 24.8 Å². The summed E-state index contributed by atoms with van der Waals surface area (Å²) in [5, 5.41) is 0. The van der Waals surface area contributed by atoms with Gasteiger partial charge in [-0.1, -0.05) is 12.1 Å². The zero-order valence-corrected chi connectivity index (χ0v) is 17.2. The van der Waals surface area contributed by atoms with E-state index in [0.29, 0.717) is 18.3 Å². The lowest BCUT2D eigenvalue weighted by atomic mass is 9.77. The highest BCUT2D eigenvalue weighted by Crippen LogP contribution is 2.38. The maximum atomic E-state index is 14.8. The van der Waals surface area contributed by atoms with Gasteiger partial charge in [0.05, 0.1) is 17.2 Å². The van der Waals surface area contributed by atoms with Gasteiger partial charge in [0, 0.05) is 31.2 Å². The summed E-state index contributed by atoms with van der Waals surface area (Å²) in [5.41, 5.74) is 1.49. The van der Waals surface area contributed by atoms with Crippen LogP contribution in [0.2, 0.25) is 0 Å². The number of hydrogen-bond donors (Lipinski definition) is 0. The third-order valence-electron chi connectivity index (χ3n) is 6.17. The summed E-state index contributed by atoms with van der Waals surface area (Å²) < 4.78 is 21.0. The summed E-state index contributed by atoms with van der Waals surface area (Å²) in [6.45, 7) is 2.63. The van der Waals surface area contributed by atoms with Crippen molar-refractivity contribution in [1.82, 2.24) is 19.9 Å². The van der Waals surface area contributed by atoms with Crippen molar-refractivity contribution in [3.8, 4) is 17.3 Å². The molecule has 3 fully saturated rings. The SMILES string of the molecule is Cc1ccc(O[C@@H]2CC3CC[C@@H]2N(C(=O)c2cccc(F)c2-c2ncccn2)C3)nc1. The van der Waals surface area contributed by atoms with Crippen molar-refractivity contribution >= 4 is 5.91 Å². The number of rotatable bonds is 4. The molecule has 6 nitrogen and oxygen atoms in total. The Labute approximate surface area is 180 Å². The van der Waals surface area contributed by atoms with E-state index >= 15 is 0 Å². The van der Waals surface area contributed by atoms with Gasteiger partial charge in [0.2, 0.25) is 5.88 Å². The number of benzene rings is 1. The summed E-state index contributed by atoms with van der Waals surface area (Å²) >= 11 is 0. The van der Waals surface area contributed by atoms with Gasteiger partial charge >= 0.3 is 0 Å². The molecule has 0 radical (unpaired) electrons. The van der Waals surface area contributed by atoms with Crippen LogP contribution in [-0.4, -0.2) is 44.4 Å². The molecule has 7 heteroatoms. The zero-order valence-electron chi connectivity index (χ0n) is 17.2. The molecule has 1 saturated carbocycles. The molecule has 0 spiro atoms. The number of amides is 1. The lowest BCUT2D eigenvalue weighted by Gasteiger charge is -2.49. The molecule has 1 amide bonds. The lowest BCUT2D eigenvalue weighted by Crippen LogP contribution is -2.59. The van der Waals surface area contributed by atoms with Gasteiger partial charge in [-0.25, -0.2) is 19.3 Å².